The van der Waals surface area contributed by atoms with E-state index in [1.165, 1.54) is 18.2 Å². The molecule has 0 aromatic heterocycles. The Morgan fingerprint density at radius 1 is 1.26 bits per heavy atom. The quantitative estimate of drug-likeness (QED) is 0.878. The topological polar surface area (TPSA) is 35.8 Å². The van der Waals surface area contributed by atoms with Crippen molar-refractivity contribution < 1.29 is 4.39 Å². The molecule has 0 heterocycles. The van der Waals surface area contributed by atoms with E-state index in [0.717, 1.165) is 10.2 Å². The molecule has 2 aromatic carbocycles. The summed E-state index contributed by atoms with van der Waals surface area (Å²) in [4.78, 5) is 0. The zero-order chi connectivity index (χ0) is 13.8. The van der Waals surface area contributed by atoms with E-state index in [-0.39, 0.29) is 12.4 Å². The minimum Gasteiger partial charge on any atom is -0.380 e. The Balaban J connectivity index is 2.19. The lowest BCUT2D eigenvalue weighted by molar-refractivity contribution is 0.612. The zero-order valence-electron chi connectivity index (χ0n) is 9.75. The van der Waals surface area contributed by atoms with Crippen molar-refractivity contribution in [2.24, 2.45) is 0 Å². The van der Waals surface area contributed by atoms with Crippen molar-refractivity contribution in [3.63, 3.8) is 0 Å². The van der Waals surface area contributed by atoms with Crippen LogP contribution in [0.5, 0.6) is 0 Å². The smallest absolute Gasteiger partial charge is 0.128 e. The molecule has 0 saturated carbocycles. The Bertz CT molecular complexity index is 652. The van der Waals surface area contributed by atoms with Crippen LogP contribution in [0.2, 0.25) is 5.02 Å². The normalized spacial score (nSPS) is 10.0. The van der Waals surface area contributed by atoms with Gasteiger partial charge in [0.15, 0.2) is 0 Å². The summed E-state index contributed by atoms with van der Waals surface area (Å²) in [6.45, 7) is 0.278. The Kier molecular flexibility index (Phi) is 4.41. The number of anilines is 1. The molecule has 5 heteroatoms. The second kappa shape index (κ2) is 6.05. The number of rotatable bonds is 3. The summed E-state index contributed by atoms with van der Waals surface area (Å²) in [5, 5.41) is 12.5. The fourth-order valence-corrected chi connectivity index (χ4v) is 2.16. The average Bonchev–Trinajstić information content (AvgIpc) is 2.41. The molecule has 0 atom stereocenters. The molecule has 2 aromatic rings. The van der Waals surface area contributed by atoms with Gasteiger partial charge in [0.1, 0.15) is 5.82 Å². The number of nitrogens with one attached hydrogen (secondary N) is 1. The summed E-state index contributed by atoms with van der Waals surface area (Å²) in [6.07, 6.45) is 0. The number of benzene rings is 2. The van der Waals surface area contributed by atoms with Crippen molar-refractivity contribution in [2.75, 3.05) is 5.32 Å². The molecule has 0 spiro atoms. The van der Waals surface area contributed by atoms with E-state index in [9.17, 15) is 4.39 Å². The summed E-state index contributed by atoms with van der Waals surface area (Å²) < 4.78 is 14.4. The van der Waals surface area contributed by atoms with Crippen LogP contribution in [-0.2, 0) is 6.54 Å². The van der Waals surface area contributed by atoms with Gasteiger partial charge in [-0.15, -0.1) is 0 Å². The Morgan fingerprint density at radius 3 is 2.79 bits per heavy atom. The van der Waals surface area contributed by atoms with Gasteiger partial charge in [0.05, 0.1) is 17.3 Å². The molecule has 0 radical (unpaired) electrons. The average molecular weight is 340 g/mol. The molecule has 0 bridgehead atoms. The fraction of sp³-hybridized carbons (Fsp3) is 0.0714. The lowest BCUT2D eigenvalue weighted by Crippen LogP contribution is -2.03. The first-order valence-electron chi connectivity index (χ1n) is 5.47. The first-order valence-corrected chi connectivity index (χ1v) is 6.64. The summed E-state index contributed by atoms with van der Waals surface area (Å²) in [5.41, 5.74) is 1.64. The summed E-state index contributed by atoms with van der Waals surface area (Å²) in [6, 6.07) is 11.6. The standard InChI is InChI=1S/C14H9BrClFN2/c15-12-3-2-11(16)6-14(12)19-8-10-5-9(7-18)1-4-13(10)17/h1-6,19H,8H2. The number of halogens is 3. The van der Waals surface area contributed by atoms with Crippen molar-refractivity contribution in [1.29, 1.82) is 5.26 Å². The molecule has 19 heavy (non-hydrogen) atoms. The molecular weight excluding hydrogens is 331 g/mol. The zero-order valence-corrected chi connectivity index (χ0v) is 12.1. The predicted octanol–water partition coefficient (Wildman–Crippen LogP) is 4.73. The van der Waals surface area contributed by atoms with E-state index in [1.807, 2.05) is 12.1 Å². The van der Waals surface area contributed by atoms with Crippen molar-refractivity contribution in [2.45, 2.75) is 6.54 Å². The third-order valence-corrected chi connectivity index (χ3v) is 3.50. The minimum atomic E-state index is -0.343. The predicted molar refractivity (Wildman–Crippen MR) is 77.6 cm³/mol. The van der Waals surface area contributed by atoms with E-state index in [0.29, 0.717) is 16.1 Å². The SMILES string of the molecule is N#Cc1ccc(F)c(CNc2cc(Cl)ccc2Br)c1. The summed E-state index contributed by atoms with van der Waals surface area (Å²) in [5.74, 6) is -0.343. The van der Waals surface area contributed by atoms with E-state index in [1.54, 1.807) is 12.1 Å². The van der Waals surface area contributed by atoms with Gasteiger partial charge in [-0.05, 0) is 52.3 Å². The molecule has 0 unspecified atom stereocenters. The van der Waals surface area contributed by atoms with Crippen molar-refractivity contribution in [3.8, 4) is 6.07 Å². The van der Waals surface area contributed by atoms with Crippen LogP contribution in [0.15, 0.2) is 40.9 Å². The van der Waals surface area contributed by atoms with Gasteiger partial charge in [0.25, 0.3) is 0 Å². The molecule has 0 saturated heterocycles. The maximum Gasteiger partial charge on any atom is 0.128 e. The van der Waals surface area contributed by atoms with Crippen LogP contribution in [0.4, 0.5) is 10.1 Å². The summed E-state index contributed by atoms with van der Waals surface area (Å²) in [7, 11) is 0. The first kappa shape index (κ1) is 13.9. The van der Waals surface area contributed by atoms with Gasteiger partial charge in [-0.3, -0.25) is 0 Å². The Labute approximate surface area is 123 Å². The molecule has 2 nitrogen and oxygen atoms in total. The third-order valence-electron chi connectivity index (χ3n) is 2.57. The summed E-state index contributed by atoms with van der Waals surface area (Å²) >= 11 is 9.28. The van der Waals surface area contributed by atoms with Gasteiger partial charge in [-0.25, -0.2) is 4.39 Å². The molecular formula is C14H9BrClFN2. The minimum absolute atomic E-state index is 0.278. The number of hydrogen-bond acceptors (Lipinski definition) is 2. The number of nitriles is 1. The van der Waals surface area contributed by atoms with Crippen LogP contribution in [0.25, 0.3) is 0 Å². The van der Waals surface area contributed by atoms with Crippen LogP contribution < -0.4 is 5.32 Å². The van der Waals surface area contributed by atoms with Crippen LogP contribution in [0, 0.1) is 17.1 Å². The molecule has 0 amide bonds. The van der Waals surface area contributed by atoms with E-state index in [4.69, 9.17) is 16.9 Å². The Morgan fingerprint density at radius 2 is 2.05 bits per heavy atom. The van der Waals surface area contributed by atoms with Crippen LogP contribution >= 0.6 is 27.5 Å². The molecule has 0 aliphatic carbocycles. The second-order valence-electron chi connectivity index (χ2n) is 3.90. The highest BCUT2D eigenvalue weighted by atomic mass is 79.9. The van der Waals surface area contributed by atoms with Crippen molar-refractivity contribution in [3.05, 3.63) is 62.8 Å². The van der Waals surface area contributed by atoms with Crippen molar-refractivity contribution >= 4 is 33.2 Å². The molecule has 0 aliphatic rings. The van der Waals surface area contributed by atoms with E-state index >= 15 is 0 Å². The third kappa shape index (κ3) is 3.46. The number of nitrogens with zero attached hydrogens (tertiary/aromatic N) is 1. The van der Waals surface area contributed by atoms with E-state index < -0.39 is 0 Å². The highest BCUT2D eigenvalue weighted by molar-refractivity contribution is 9.10. The fourth-order valence-electron chi connectivity index (χ4n) is 1.60. The van der Waals surface area contributed by atoms with Gasteiger partial charge in [-0.1, -0.05) is 11.6 Å². The van der Waals surface area contributed by atoms with E-state index in [2.05, 4.69) is 21.2 Å². The second-order valence-corrected chi connectivity index (χ2v) is 5.19. The molecule has 1 N–H and O–H groups in total. The molecule has 2 rings (SSSR count). The highest BCUT2D eigenvalue weighted by Crippen LogP contribution is 2.26. The van der Waals surface area contributed by atoms with Gasteiger partial charge in [0.2, 0.25) is 0 Å². The maximum absolute atomic E-state index is 13.6. The molecule has 0 fully saturated rings. The lowest BCUT2D eigenvalue weighted by Gasteiger charge is -2.10. The van der Waals surface area contributed by atoms with Crippen LogP contribution in [0.3, 0.4) is 0 Å². The lowest BCUT2D eigenvalue weighted by atomic mass is 10.1. The largest absolute Gasteiger partial charge is 0.380 e. The van der Waals surface area contributed by atoms with Crippen LogP contribution in [-0.4, -0.2) is 0 Å². The van der Waals surface area contributed by atoms with Gasteiger partial charge < -0.3 is 5.32 Å². The Hall–Kier alpha value is -1.57. The van der Waals surface area contributed by atoms with Gasteiger partial charge in [-0.2, -0.15) is 5.26 Å². The monoisotopic (exact) mass is 338 g/mol. The van der Waals surface area contributed by atoms with Crippen LogP contribution in [0.1, 0.15) is 11.1 Å². The van der Waals surface area contributed by atoms with Gasteiger partial charge in [0, 0.05) is 21.6 Å². The molecule has 96 valence electrons. The number of hydrogen-bond donors (Lipinski definition) is 1. The maximum atomic E-state index is 13.6. The highest BCUT2D eigenvalue weighted by Gasteiger charge is 2.05. The first-order chi connectivity index (χ1) is 9.10. The van der Waals surface area contributed by atoms with Gasteiger partial charge >= 0.3 is 0 Å². The molecule has 0 aliphatic heterocycles. The van der Waals surface area contributed by atoms with Crippen molar-refractivity contribution in [1.82, 2.24) is 0 Å².